The second-order valence-corrected chi connectivity index (χ2v) is 5.31. The minimum absolute atomic E-state index is 0.133. The highest BCUT2D eigenvalue weighted by atomic mass is 32.2. The molecular formula is C8H13N3O2S. The zero-order chi connectivity index (χ0) is 10.3. The molecule has 0 amide bonds. The molecule has 0 aliphatic heterocycles. The van der Waals surface area contributed by atoms with Gasteiger partial charge in [-0.3, -0.25) is 5.10 Å². The van der Waals surface area contributed by atoms with E-state index >= 15 is 0 Å². The van der Waals surface area contributed by atoms with Crippen LogP contribution in [0.15, 0.2) is 4.90 Å². The van der Waals surface area contributed by atoms with Gasteiger partial charge in [0.15, 0.2) is 0 Å². The lowest BCUT2D eigenvalue weighted by atomic mass is 10.4. The van der Waals surface area contributed by atoms with Crippen LogP contribution in [0.4, 0.5) is 0 Å². The number of nitrogens with zero attached hydrogens (tertiary/aromatic N) is 1. The zero-order valence-corrected chi connectivity index (χ0v) is 8.98. The first-order valence-electron chi connectivity index (χ1n) is 4.54. The summed E-state index contributed by atoms with van der Waals surface area (Å²) in [7, 11) is -3.36. The van der Waals surface area contributed by atoms with E-state index in [1.807, 2.05) is 0 Å². The number of nitrogens with one attached hydrogen (secondary N) is 2. The lowest BCUT2D eigenvalue weighted by Gasteiger charge is -2.04. The molecule has 2 rings (SSSR count). The molecular weight excluding hydrogens is 202 g/mol. The Balaban J connectivity index is 2.36. The minimum atomic E-state index is -3.36. The third-order valence-electron chi connectivity index (χ3n) is 2.23. The van der Waals surface area contributed by atoms with Gasteiger partial charge >= 0.3 is 0 Å². The number of aromatic nitrogens is 2. The average Bonchev–Trinajstić information content (AvgIpc) is 2.77. The van der Waals surface area contributed by atoms with Crippen LogP contribution in [0.5, 0.6) is 0 Å². The van der Waals surface area contributed by atoms with Crippen molar-refractivity contribution in [2.24, 2.45) is 0 Å². The summed E-state index contributed by atoms with van der Waals surface area (Å²) in [5, 5.41) is 6.53. The molecule has 1 aromatic heterocycles. The number of aromatic amines is 1. The number of rotatable bonds is 3. The second kappa shape index (κ2) is 3.06. The maximum absolute atomic E-state index is 11.8. The van der Waals surface area contributed by atoms with E-state index in [-0.39, 0.29) is 6.04 Å². The summed E-state index contributed by atoms with van der Waals surface area (Å²) in [4.78, 5) is 0.296. The van der Waals surface area contributed by atoms with Gasteiger partial charge in [-0.2, -0.15) is 5.10 Å². The van der Waals surface area contributed by atoms with Gasteiger partial charge in [-0.05, 0) is 26.7 Å². The fraction of sp³-hybridized carbons (Fsp3) is 0.625. The van der Waals surface area contributed by atoms with E-state index in [1.54, 1.807) is 13.8 Å². The van der Waals surface area contributed by atoms with Gasteiger partial charge in [0.1, 0.15) is 4.90 Å². The lowest BCUT2D eigenvalue weighted by Crippen LogP contribution is -2.26. The van der Waals surface area contributed by atoms with Crippen LogP contribution in [0, 0.1) is 13.8 Å². The topological polar surface area (TPSA) is 74.8 Å². The molecule has 1 aliphatic rings. The summed E-state index contributed by atoms with van der Waals surface area (Å²) in [5.74, 6) is 0. The summed E-state index contributed by atoms with van der Waals surface area (Å²) in [5.41, 5.74) is 1.12. The molecule has 6 heteroatoms. The van der Waals surface area contributed by atoms with Crippen molar-refractivity contribution in [1.82, 2.24) is 14.9 Å². The SMILES string of the molecule is Cc1n[nH]c(C)c1S(=O)(=O)NC1CC1. The van der Waals surface area contributed by atoms with Crippen LogP contribution in [0.2, 0.25) is 0 Å². The van der Waals surface area contributed by atoms with Crippen LogP contribution in [-0.2, 0) is 10.0 Å². The fourth-order valence-electron chi connectivity index (χ4n) is 1.42. The van der Waals surface area contributed by atoms with Crippen molar-refractivity contribution in [3.63, 3.8) is 0 Å². The molecule has 5 nitrogen and oxygen atoms in total. The van der Waals surface area contributed by atoms with Crippen LogP contribution in [-0.4, -0.2) is 24.7 Å². The highest BCUT2D eigenvalue weighted by Gasteiger charge is 2.30. The molecule has 1 heterocycles. The number of H-pyrrole nitrogens is 1. The third kappa shape index (κ3) is 1.67. The van der Waals surface area contributed by atoms with Crippen molar-refractivity contribution in [3.8, 4) is 0 Å². The normalized spacial score (nSPS) is 17.3. The van der Waals surface area contributed by atoms with Crippen LogP contribution in [0.1, 0.15) is 24.2 Å². The molecule has 1 aromatic rings. The minimum Gasteiger partial charge on any atom is -0.281 e. The van der Waals surface area contributed by atoms with E-state index in [4.69, 9.17) is 0 Å². The van der Waals surface area contributed by atoms with E-state index in [1.165, 1.54) is 0 Å². The Morgan fingerprint density at radius 1 is 1.43 bits per heavy atom. The number of aryl methyl sites for hydroxylation is 2. The summed E-state index contributed by atoms with van der Waals surface area (Å²) < 4.78 is 26.3. The predicted octanol–water partition coefficient (Wildman–Crippen LogP) is 0.467. The smallest absolute Gasteiger partial charge is 0.244 e. The molecule has 0 aromatic carbocycles. The van der Waals surface area contributed by atoms with Crippen molar-refractivity contribution >= 4 is 10.0 Å². The largest absolute Gasteiger partial charge is 0.281 e. The molecule has 1 aliphatic carbocycles. The summed E-state index contributed by atoms with van der Waals surface area (Å²) in [6, 6.07) is 0.133. The second-order valence-electron chi connectivity index (χ2n) is 3.66. The molecule has 0 radical (unpaired) electrons. The third-order valence-corrected chi connectivity index (χ3v) is 4.01. The first-order valence-corrected chi connectivity index (χ1v) is 6.03. The molecule has 0 bridgehead atoms. The standard InChI is InChI=1S/C8H13N3O2S/c1-5-8(6(2)10-9-5)14(12,13)11-7-3-4-7/h7,11H,3-4H2,1-2H3,(H,9,10). The van der Waals surface area contributed by atoms with Crippen molar-refractivity contribution < 1.29 is 8.42 Å². The van der Waals surface area contributed by atoms with Crippen LogP contribution >= 0.6 is 0 Å². The van der Waals surface area contributed by atoms with Gasteiger partial charge in [0.2, 0.25) is 10.0 Å². The van der Waals surface area contributed by atoms with Crippen LogP contribution in [0.3, 0.4) is 0 Å². The van der Waals surface area contributed by atoms with Gasteiger partial charge in [-0.1, -0.05) is 0 Å². The van der Waals surface area contributed by atoms with E-state index < -0.39 is 10.0 Å². The Morgan fingerprint density at radius 3 is 2.50 bits per heavy atom. The molecule has 0 unspecified atom stereocenters. The first kappa shape index (κ1) is 9.67. The van der Waals surface area contributed by atoms with Gasteiger partial charge < -0.3 is 0 Å². The van der Waals surface area contributed by atoms with Crippen molar-refractivity contribution in [2.75, 3.05) is 0 Å². The Kier molecular flexibility index (Phi) is 2.11. The van der Waals surface area contributed by atoms with Gasteiger partial charge in [-0.15, -0.1) is 0 Å². The maximum Gasteiger partial charge on any atom is 0.244 e. The summed E-state index contributed by atoms with van der Waals surface area (Å²) >= 11 is 0. The van der Waals surface area contributed by atoms with E-state index in [2.05, 4.69) is 14.9 Å². The van der Waals surface area contributed by atoms with Gasteiger partial charge in [0.05, 0.1) is 11.4 Å². The highest BCUT2D eigenvalue weighted by molar-refractivity contribution is 7.89. The number of hydrogen-bond donors (Lipinski definition) is 2. The van der Waals surface area contributed by atoms with Gasteiger partial charge in [0.25, 0.3) is 0 Å². The van der Waals surface area contributed by atoms with Crippen molar-refractivity contribution in [3.05, 3.63) is 11.4 Å². The molecule has 0 saturated heterocycles. The lowest BCUT2D eigenvalue weighted by molar-refractivity contribution is 0.580. The molecule has 14 heavy (non-hydrogen) atoms. The van der Waals surface area contributed by atoms with Crippen LogP contribution in [0.25, 0.3) is 0 Å². The van der Waals surface area contributed by atoms with Gasteiger partial charge in [0, 0.05) is 6.04 Å². The van der Waals surface area contributed by atoms with Crippen molar-refractivity contribution in [2.45, 2.75) is 37.6 Å². The number of hydrogen-bond acceptors (Lipinski definition) is 3. The molecule has 0 spiro atoms. The predicted molar refractivity (Wildman–Crippen MR) is 51.4 cm³/mol. The fourth-order valence-corrected chi connectivity index (χ4v) is 3.09. The maximum atomic E-state index is 11.8. The molecule has 78 valence electrons. The first-order chi connectivity index (χ1) is 6.50. The Morgan fingerprint density at radius 2 is 2.07 bits per heavy atom. The number of sulfonamides is 1. The Bertz CT molecular complexity index is 426. The average molecular weight is 215 g/mol. The monoisotopic (exact) mass is 215 g/mol. The summed E-state index contributed by atoms with van der Waals surface area (Å²) in [6.07, 6.45) is 1.88. The quantitative estimate of drug-likeness (QED) is 0.769. The van der Waals surface area contributed by atoms with E-state index in [0.717, 1.165) is 12.8 Å². The van der Waals surface area contributed by atoms with Gasteiger partial charge in [-0.25, -0.2) is 13.1 Å². The molecule has 2 N–H and O–H groups in total. The highest BCUT2D eigenvalue weighted by Crippen LogP contribution is 2.24. The Hall–Kier alpha value is -0.880. The molecule has 1 fully saturated rings. The van der Waals surface area contributed by atoms with E-state index in [9.17, 15) is 8.42 Å². The van der Waals surface area contributed by atoms with Crippen LogP contribution < -0.4 is 4.72 Å². The molecule has 0 atom stereocenters. The zero-order valence-electron chi connectivity index (χ0n) is 8.16. The van der Waals surface area contributed by atoms with E-state index in [0.29, 0.717) is 16.3 Å². The molecule has 1 saturated carbocycles. The van der Waals surface area contributed by atoms with Crippen molar-refractivity contribution in [1.29, 1.82) is 0 Å². The Labute approximate surface area is 83.0 Å². The summed E-state index contributed by atoms with van der Waals surface area (Å²) in [6.45, 7) is 3.40.